The van der Waals surface area contributed by atoms with E-state index in [0.717, 1.165) is 6.54 Å². The molecular weight excluding hydrogens is 326 g/mol. The minimum Gasteiger partial charge on any atom is -0.326 e. The van der Waals surface area contributed by atoms with Crippen molar-refractivity contribution in [2.45, 2.75) is 38.9 Å². The highest BCUT2D eigenvalue weighted by atomic mass is 32.2. The number of amides is 1. The number of nitrogens with one attached hydrogen (secondary N) is 1. The number of Topliss-reactive ketones (excluding diaryl/α,β-unsaturated/α-hetero) is 1. The maximum Gasteiger partial charge on any atom is 0.224 e. The van der Waals surface area contributed by atoms with Crippen LogP contribution in [0.25, 0.3) is 0 Å². The molecule has 0 saturated heterocycles. The monoisotopic (exact) mass is 347 g/mol. The molecular formula is C16H21N5O2S. The van der Waals surface area contributed by atoms with Gasteiger partial charge in [0, 0.05) is 24.2 Å². The fourth-order valence-corrected chi connectivity index (χ4v) is 2.74. The molecule has 1 heterocycles. The second kappa shape index (κ2) is 8.58. The zero-order valence-electron chi connectivity index (χ0n) is 14.0. The van der Waals surface area contributed by atoms with Gasteiger partial charge in [-0.2, -0.15) is 0 Å². The van der Waals surface area contributed by atoms with Crippen molar-refractivity contribution in [3.63, 3.8) is 0 Å². The van der Waals surface area contributed by atoms with Crippen LogP contribution in [0.15, 0.2) is 29.4 Å². The first-order valence-corrected chi connectivity index (χ1v) is 8.80. The SMILES string of the molecule is CCC(=O)Nc1ccc(C(=O)CSc2nnnn2CC(C)C)cc1. The van der Waals surface area contributed by atoms with Crippen molar-refractivity contribution in [1.29, 1.82) is 0 Å². The summed E-state index contributed by atoms with van der Waals surface area (Å²) in [6.45, 7) is 6.67. The Balaban J connectivity index is 1.93. The normalized spacial score (nSPS) is 10.8. The van der Waals surface area contributed by atoms with Crippen LogP contribution in [0.1, 0.15) is 37.6 Å². The van der Waals surface area contributed by atoms with Gasteiger partial charge in [-0.05, 0) is 40.6 Å². The third kappa shape index (κ3) is 5.16. The number of carbonyl (C=O) groups is 2. The summed E-state index contributed by atoms with van der Waals surface area (Å²) in [6.07, 6.45) is 0.419. The third-order valence-electron chi connectivity index (χ3n) is 3.18. The number of nitrogens with zero attached hydrogens (tertiary/aromatic N) is 4. The van der Waals surface area contributed by atoms with Gasteiger partial charge in [0.15, 0.2) is 5.78 Å². The van der Waals surface area contributed by atoms with Crippen molar-refractivity contribution in [1.82, 2.24) is 20.2 Å². The molecule has 0 bridgehead atoms. The molecule has 0 aliphatic carbocycles. The molecule has 1 aromatic heterocycles. The Kier molecular flexibility index (Phi) is 6.48. The highest BCUT2D eigenvalue weighted by molar-refractivity contribution is 7.99. The van der Waals surface area contributed by atoms with E-state index in [1.54, 1.807) is 35.9 Å². The molecule has 24 heavy (non-hydrogen) atoms. The first-order valence-electron chi connectivity index (χ1n) is 7.81. The number of thioether (sulfide) groups is 1. The largest absolute Gasteiger partial charge is 0.326 e. The van der Waals surface area contributed by atoms with Crippen molar-refractivity contribution in [3.8, 4) is 0 Å². The predicted octanol–water partition coefficient (Wildman–Crippen LogP) is 2.65. The molecule has 0 unspecified atom stereocenters. The minimum atomic E-state index is -0.0541. The molecule has 7 nitrogen and oxygen atoms in total. The van der Waals surface area contributed by atoms with E-state index in [-0.39, 0.29) is 17.4 Å². The molecule has 0 aliphatic heterocycles. The Morgan fingerprint density at radius 3 is 2.58 bits per heavy atom. The van der Waals surface area contributed by atoms with Crippen LogP contribution in [0.5, 0.6) is 0 Å². The van der Waals surface area contributed by atoms with Crippen molar-refractivity contribution >= 4 is 29.1 Å². The number of rotatable bonds is 8. The van der Waals surface area contributed by atoms with Crippen molar-refractivity contribution in [3.05, 3.63) is 29.8 Å². The topological polar surface area (TPSA) is 89.8 Å². The Morgan fingerprint density at radius 2 is 1.96 bits per heavy atom. The average Bonchev–Trinajstić information content (AvgIpc) is 2.99. The van der Waals surface area contributed by atoms with Crippen LogP contribution < -0.4 is 5.32 Å². The molecule has 128 valence electrons. The molecule has 2 rings (SSSR count). The first kappa shape index (κ1) is 18.1. The molecule has 0 radical (unpaired) electrons. The van der Waals surface area contributed by atoms with Crippen LogP contribution >= 0.6 is 11.8 Å². The van der Waals surface area contributed by atoms with Gasteiger partial charge in [-0.15, -0.1) is 5.10 Å². The van der Waals surface area contributed by atoms with E-state index in [1.807, 2.05) is 0 Å². The zero-order chi connectivity index (χ0) is 17.5. The van der Waals surface area contributed by atoms with Gasteiger partial charge in [0.05, 0.1) is 5.75 Å². The number of anilines is 1. The summed E-state index contributed by atoms with van der Waals surface area (Å²) in [5, 5.41) is 15.0. The van der Waals surface area contributed by atoms with Gasteiger partial charge in [-0.3, -0.25) is 9.59 Å². The van der Waals surface area contributed by atoms with E-state index >= 15 is 0 Å². The lowest BCUT2D eigenvalue weighted by Crippen LogP contribution is -2.10. The van der Waals surface area contributed by atoms with Gasteiger partial charge < -0.3 is 5.32 Å². The minimum absolute atomic E-state index is 0.00698. The average molecular weight is 347 g/mol. The summed E-state index contributed by atoms with van der Waals surface area (Å²) in [5.74, 6) is 0.627. The van der Waals surface area contributed by atoms with Gasteiger partial charge in [0.1, 0.15) is 0 Å². The Hall–Kier alpha value is -2.22. The van der Waals surface area contributed by atoms with Crippen LogP contribution in [0.2, 0.25) is 0 Å². The summed E-state index contributed by atoms with van der Waals surface area (Å²) in [6, 6.07) is 6.89. The number of carbonyl (C=O) groups excluding carboxylic acids is 2. The molecule has 0 aliphatic rings. The highest BCUT2D eigenvalue weighted by Gasteiger charge is 2.12. The van der Waals surface area contributed by atoms with Crippen LogP contribution in [-0.2, 0) is 11.3 Å². The van der Waals surface area contributed by atoms with Crippen molar-refractivity contribution in [2.24, 2.45) is 5.92 Å². The number of benzene rings is 1. The standard InChI is InChI=1S/C16H21N5O2S/c1-4-15(23)17-13-7-5-12(6-8-13)14(22)10-24-16-18-19-20-21(16)9-11(2)3/h5-8,11H,4,9-10H2,1-3H3,(H,17,23). The van der Waals surface area contributed by atoms with E-state index in [4.69, 9.17) is 0 Å². The van der Waals surface area contributed by atoms with Gasteiger partial charge >= 0.3 is 0 Å². The summed E-state index contributed by atoms with van der Waals surface area (Å²) in [4.78, 5) is 23.6. The van der Waals surface area contributed by atoms with E-state index in [1.165, 1.54) is 11.8 Å². The van der Waals surface area contributed by atoms with Crippen molar-refractivity contribution in [2.75, 3.05) is 11.1 Å². The summed E-state index contributed by atoms with van der Waals surface area (Å²) in [5.41, 5.74) is 1.28. The van der Waals surface area contributed by atoms with Gasteiger partial charge in [-0.1, -0.05) is 32.5 Å². The van der Waals surface area contributed by atoms with Crippen LogP contribution in [0, 0.1) is 5.92 Å². The molecule has 1 aromatic carbocycles. The number of ketones is 1. The van der Waals surface area contributed by atoms with Crippen LogP contribution in [0.4, 0.5) is 5.69 Å². The number of hydrogen-bond acceptors (Lipinski definition) is 6. The molecule has 0 saturated carbocycles. The second-order valence-electron chi connectivity index (χ2n) is 5.73. The maximum absolute atomic E-state index is 12.3. The number of hydrogen-bond donors (Lipinski definition) is 1. The highest BCUT2D eigenvalue weighted by Crippen LogP contribution is 2.18. The lowest BCUT2D eigenvalue weighted by molar-refractivity contribution is -0.115. The summed E-state index contributed by atoms with van der Waals surface area (Å²) in [7, 11) is 0. The number of aromatic nitrogens is 4. The number of tetrazole rings is 1. The van der Waals surface area contributed by atoms with Gasteiger partial charge in [0.2, 0.25) is 11.1 Å². The Morgan fingerprint density at radius 1 is 1.25 bits per heavy atom. The summed E-state index contributed by atoms with van der Waals surface area (Å²) < 4.78 is 1.71. The van der Waals surface area contributed by atoms with E-state index in [9.17, 15) is 9.59 Å². The molecule has 1 amide bonds. The lowest BCUT2D eigenvalue weighted by Gasteiger charge is -2.07. The first-order chi connectivity index (χ1) is 11.5. The van der Waals surface area contributed by atoms with Crippen LogP contribution in [0.3, 0.4) is 0 Å². The molecule has 2 aromatic rings. The van der Waals surface area contributed by atoms with Gasteiger partial charge in [-0.25, -0.2) is 4.68 Å². The Bertz CT molecular complexity index is 697. The lowest BCUT2D eigenvalue weighted by atomic mass is 10.1. The quantitative estimate of drug-likeness (QED) is 0.583. The van der Waals surface area contributed by atoms with E-state index in [0.29, 0.717) is 28.7 Å². The van der Waals surface area contributed by atoms with Gasteiger partial charge in [0.25, 0.3) is 0 Å². The fraction of sp³-hybridized carbons (Fsp3) is 0.438. The molecule has 8 heteroatoms. The molecule has 0 fully saturated rings. The Labute approximate surface area is 145 Å². The van der Waals surface area contributed by atoms with Crippen molar-refractivity contribution < 1.29 is 9.59 Å². The zero-order valence-corrected chi connectivity index (χ0v) is 14.8. The smallest absolute Gasteiger partial charge is 0.224 e. The van der Waals surface area contributed by atoms with Crippen LogP contribution in [-0.4, -0.2) is 37.7 Å². The van der Waals surface area contributed by atoms with E-state index in [2.05, 4.69) is 34.7 Å². The van der Waals surface area contributed by atoms with E-state index < -0.39 is 0 Å². The second-order valence-corrected chi connectivity index (χ2v) is 6.67. The predicted molar refractivity (Wildman–Crippen MR) is 93.1 cm³/mol. The molecule has 1 N–H and O–H groups in total. The molecule has 0 spiro atoms. The fourth-order valence-electron chi connectivity index (χ4n) is 1.96. The maximum atomic E-state index is 12.3. The summed E-state index contributed by atoms with van der Waals surface area (Å²) >= 11 is 1.32. The third-order valence-corrected chi connectivity index (χ3v) is 4.14. The molecule has 0 atom stereocenters.